The van der Waals surface area contributed by atoms with Crippen LogP contribution in [0.25, 0.3) is 0 Å². The van der Waals surface area contributed by atoms with Gasteiger partial charge in [0.05, 0.1) is 19.6 Å². The zero-order valence-corrected chi connectivity index (χ0v) is 14.0. The number of ether oxygens (including phenoxy) is 2. The highest BCUT2D eigenvalue weighted by Gasteiger charge is 2.11. The minimum absolute atomic E-state index is 0.0543. The summed E-state index contributed by atoms with van der Waals surface area (Å²) in [5.74, 6) is 1.66. The third-order valence-corrected chi connectivity index (χ3v) is 4.16. The molecule has 0 spiro atoms. The number of hydrogen-bond donors (Lipinski definition) is 1. The van der Waals surface area contributed by atoms with E-state index in [1.54, 1.807) is 0 Å². The van der Waals surface area contributed by atoms with Gasteiger partial charge in [-0.15, -0.1) is 0 Å². The fourth-order valence-electron chi connectivity index (χ4n) is 2.75. The maximum Gasteiger partial charge on any atom is 0.224 e. The van der Waals surface area contributed by atoms with Crippen molar-refractivity contribution in [3.05, 3.63) is 59.2 Å². The van der Waals surface area contributed by atoms with Gasteiger partial charge < -0.3 is 14.8 Å². The molecule has 3 rings (SSSR count). The van der Waals surface area contributed by atoms with E-state index in [1.165, 1.54) is 0 Å². The Labute approximate surface area is 142 Å². The minimum Gasteiger partial charge on any atom is -0.490 e. The molecule has 0 radical (unpaired) electrons. The van der Waals surface area contributed by atoms with Gasteiger partial charge in [0.2, 0.25) is 5.91 Å². The molecule has 1 N–H and O–H groups in total. The number of aryl methyl sites for hydroxylation is 1. The summed E-state index contributed by atoms with van der Waals surface area (Å²) in [6.45, 7) is 4.02. The molecule has 0 atom stereocenters. The molecule has 126 valence electrons. The molecular weight excluding hydrogens is 302 g/mol. The first kappa shape index (κ1) is 16.4. The van der Waals surface area contributed by atoms with Gasteiger partial charge in [-0.2, -0.15) is 0 Å². The Hall–Kier alpha value is -2.49. The van der Waals surface area contributed by atoms with E-state index in [2.05, 4.69) is 5.32 Å². The van der Waals surface area contributed by atoms with Crippen LogP contribution in [0.15, 0.2) is 42.5 Å². The molecule has 1 amide bonds. The molecule has 0 saturated carbocycles. The SMILES string of the molecule is Cc1ccccc1CC(=O)NCCc1ccc2c(c1)OCCCO2. The molecule has 1 aliphatic heterocycles. The van der Waals surface area contributed by atoms with E-state index in [0.29, 0.717) is 26.2 Å². The lowest BCUT2D eigenvalue weighted by molar-refractivity contribution is -0.120. The van der Waals surface area contributed by atoms with Crippen molar-refractivity contribution in [1.82, 2.24) is 5.32 Å². The number of fused-ring (bicyclic) bond motifs is 1. The quantitative estimate of drug-likeness (QED) is 0.919. The van der Waals surface area contributed by atoms with Crippen molar-refractivity contribution in [2.24, 2.45) is 0 Å². The van der Waals surface area contributed by atoms with Crippen LogP contribution in [0.5, 0.6) is 11.5 Å². The number of rotatable bonds is 5. The predicted octanol–water partition coefficient (Wildman–Crippen LogP) is 3.06. The molecule has 0 unspecified atom stereocenters. The molecule has 1 heterocycles. The molecule has 4 heteroatoms. The Morgan fingerprint density at radius 3 is 2.71 bits per heavy atom. The van der Waals surface area contributed by atoms with Crippen molar-refractivity contribution in [2.45, 2.75) is 26.2 Å². The molecule has 0 bridgehead atoms. The molecule has 1 aliphatic rings. The van der Waals surface area contributed by atoms with Gasteiger partial charge in [-0.3, -0.25) is 4.79 Å². The average Bonchev–Trinajstić information content (AvgIpc) is 2.82. The van der Waals surface area contributed by atoms with E-state index in [1.807, 2.05) is 49.4 Å². The third kappa shape index (κ3) is 4.28. The second-order valence-corrected chi connectivity index (χ2v) is 6.03. The lowest BCUT2D eigenvalue weighted by Crippen LogP contribution is -2.27. The first-order valence-electron chi connectivity index (χ1n) is 8.42. The lowest BCUT2D eigenvalue weighted by atomic mass is 10.1. The summed E-state index contributed by atoms with van der Waals surface area (Å²) in [6, 6.07) is 14.0. The molecule has 0 fully saturated rings. The van der Waals surface area contributed by atoms with Gasteiger partial charge in [0.15, 0.2) is 11.5 Å². The van der Waals surface area contributed by atoms with Crippen molar-refractivity contribution < 1.29 is 14.3 Å². The van der Waals surface area contributed by atoms with Crippen LogP contribution in [-0.2, 0) is 17.6 Å². The third-order valence-electron chi connectivity index (χ3n) is 4.16. The fourth-order valence-corrected chi connectivity index (χ4v) is 2.75. The van der Waals surface area contributed by atoms with Crippen molar-refractivity contribution in [3.63, 3.8) is 0 Å². The summed E-state index contributed by atoms with van der Waals surface area (Å²) >= 11 is 0. The van der Waals surface area contributed by atoms with E-state index in [9.17, 15) is 4.79 Å². The number of hydrogen-bond acceptors (Lipinski definition) is 3. The maximum atomic E-state index is 12.1. The Kier molecular flexibility index (Phi) is 5.36. The fraction of sp³-hybridized carbons (Fsp3) is 0.350. The summed E-state index contributed by atoms with van der Waals surface area (Å²) in [5.41, 5.74) is 3.36. The first-order chi connectivity index (χ1) is 11.7. The molecule has 24 heavy (non-hydrogen) atoms. The second kappa shape index (κ2) is 7.86. The highest BCUT2D eigenvalue weighted by molar-refractivity contribution is 5.78. The van der Waals surface area contributed by atoms with Crippen molar-refractivity contribution >= 4 is 5.91 Å². The number of amides is 1. The van der Waals surface area contributed by atoms with Crippen LogP contribution in [0.3, 0.4) is 0 Å². The summed E-state index contributed by atoms with van der Waals surface area (Å²) in [6.07, 6.45) is 2.10. The highest BCUT2D eigenvalue weighted by atomic mass is 16.5. The van der Waals surface area contributed by atoms with Crippen LogP contribution in [-0.4, -0.2) is 25.7 Å². The Bertz CT molecular complexity index is 712. The van der Waals surface area contributed by atoms with Gasteiger partial charge in [0.25, 0.3) is 0 Å². The first-order valence-corrected chi connectivity index (χ1v) is 8.42. The van der Waals surface area contributed by atoms with E-state index in [0.717, 1.165) is 41.0 Å². The number of nitrogens with one attached hydrogen (secondary N) is 1. The highest BCUT2D eigenvalue weighted by Crippen LogP contribution is 2.30. The second-order valence-electron chi connectivity index (χ2n) is 6.03. The Morgan fingerprint density at radius 2 is 1.88 bits per heavy atom. The van der Waals surface area contributed by atoms with E-state index >= 15 is 0 Å². The number of carbonyl (C=O) groups is 1. The van der Waals surface area contributed by atoms with E-state index < -0.39 is 0 Å². The Balaban J connectivity index is 1.50. The van der Waals surface area contributed by atoms with E-state index in [-0.39, 0.29) is 5.91 Å². The normalized spacial score (nSPS) is 13.2. The van der Waals surface area contributed by atoms with Crippen LogP contribution < -0.4 is 14.8 Å². The summed E-state index contributed by atoms with van der Waals surface area (Å²) < 4.78 is 11.3. The summed E-state index contributed by atoms with van der Waals surface area (Å²) in [5, 5.41) is 2.99. The van der Waals surface area contributed by atoms with Crippen LogP contribution in [0.1, 0.15) is 23.1 Å². The van der Waals surface area contributed by atoms with Gasteiger partial charge in [-0.25, -0.2) is 0 Å². The zero-order chi connectivity index (χ0) is 16.8. The van der Waals surface area contributed by atoms with Crippen molar-refractivity contribution in [1.29, 1.82) is 0 Å². The van der Waals surface area contributed by atoms with Gasteiger partial charge in [-0.1, -0.05) is 30.3 Å². The summed E-state index contributed by atoms with van der Waals surface area (Å²) in [7, 11) is 0. The maximum absolute atomic E-state index is 12.1. The van der Waals surface area contributed by atoms with Crippen LogP contribution >= 0.6 is 0 Å². The summed E-state index contributed by atoms with van der Waals surface area (Å²) in [4.78, 5) is 12.1. The topological polar surface area (TPSA) is 47.6 Å². The minimum atomic E-state index is 0.0543. The van der Waals surface area contributed by atoms with Crippen LogP contribution in [0, 0.1) is 6.92 Å². The zero-order valence-electron chi connectivity index (χ0n) is 14.0. The van der Waals surface area contributed by atoms with Crippen LogP contribution in [0.4, 0.5) is 0 Å². The molecule has 0 aromatic heterocycles. The molecule has 2 aromatic rings. The molecule has 4 nitrogen and oxygen atoms in total. The van der Waals surface area contributed by atoms with Crippen molar-refractivity contribution in [2.75, 3.05) is 19.8 Å². The molecule has 0 aliphatic carbocycles. The molecule has 0 saturated heterocycles. The average molecular weight is 325 g/mol. The smallest absolute Gasteiger partial charge is 0.224 e. The van der Waals surface area contributed by atoms with Gasteiger partial charge in [0, 0.05) is 13.0 Å². The van der Waals surface area contributed by atoms with Crippen molar-refractivity contribution in [3.8, 4) is 11.5 Å². The number of benzene rings is 2. The number of carbonyl (C=O) groups excluding carboxylic acids is 1. The molecular formula is C20H23NO3. The lowest BCUT2D eigenvalue weighted by Gasteiger charge is -2.10. The largest absolute Gasteiger partial charge is 0.490 e. The van der Waals surface area contributed by atoms with Gasteiger partial charge >= 0.3 is 0 Å². The predicted molar refractivity (Wildman–Crippen MR) is 93.6 cm³/mol. The van der Waals surface area contributed by atoms with E-state index in [4.69, 9.17) is 9.47 Å². The monoisotopic (exact) mass is 325 g/mol. The molecule has 2 aromatic carbocycles. The standard InChI is InChI=1S/C20H23NO3/c1-15-5-2-3-6-17(15)14-20(22)21-10-9-16-7-8-18-19(13-16)24-12-4-11-23-18/h2-3,5-8,13H,4,9-12,14H2,1H3,(H,21,22). The Morgan fingerprint density at radius 1 is 1.08 bits per heavy atom. The van der Waals surface area contributed by atoms with Gasteiger partial charge in [-0.05, 0) is 42.2 Å². The van der Waals surface area contributed by atoms with Crippen LogP contribution in [0.2, 0.25) is 0 Å². The van der Waals surface area contributed by atoms with Gasteiger partial charge in [0.1, 0.15) is 0 Å².